The van der Waals surface area contributed by atoms with E-state index in [1.54, 1.807) is 26.4 Å². The molecule has 0 aliphatic rings. The van der Waals surface area contributed by atoms with Crippen LogP contribution in [0.2, 0.25) is 0 Å². The van der Waals surface area contributed by atoms with E-state index in [-0.39, 0.29) is 0 Å². The summed E-state index contributed by atoms with van der Waals surface area (Å²) >= 11 is 0. The number of hydrogen-bond acceptors (Lipinski definition) is 4. The van der Waals surface area contributed by atoms with E-state index in [2.05, 4.69) is 10.2 Å². The zero-order valence-corrected chi connectivity index (χ0v) is 8.00. The Morgan fingerprint density at radius 3 is 2.50 bits per heavy atom. The van der Waals surface area contributed by atoms with Crippen molar-refractivity contribution in [2.75, 3.05) is 20.0 Å². The number of ether oxygens (including phenoxy) is 2. The van der Waals surface area contributed by atoms with Crippen molar-refractivity contribution in [3.63, 3.8) is 0 Å². The van der Waals surface area contributed by atoms with E-state index in [9.17, 15) is 0 Å². The van der Waals surface area contributed by atoms with Crippen molar-refractivity contribution in [1.29, 1.82) is 0 Å². The first kappa shape index (κ1) is 8.68. The Kier molecular flexibility index (Phi) is 1.92. The van der Waals surface area contributed by atoms with E-state index in [1.807, 2.05) is 0 Å². The predicted octanol–water partition coefficient (Wildman–Crippen LogP) is 1.16. The molecule has 0 atom stereocenters. The fourth-order valence-corrected chi connectivity index (χ4v) is 1.36. The molecular formula is C9H11N3O2. The molecule has 74 valence electrons. The van der Waals surface area contributed by atoms with Crippen molar-refractivity contribution in [2.24, 2.45) is 0 Å². The van der Waals surface area contributed by atoms with Gasteiger partial charge in [0.05, 0.1) is 19.7 Å². The summed E-state index contributed by atoms with van der Waals surface area (Å²) in [6, 6.07) is 3.60. The lowest BCUT2D eigenvalue weighted by atomic mass is 10.2. The first-order valence-electron chi connectivity index (χ1n) is 4.12. The molecule has 0 radical (unpaired) electrons. The zero-order chi connectivity index (χ0) is 10.1. The number of anilines is 1. The number of H-pyrrole nitrogens is 1. The number of nitrogens with two attached hydrogens (primary N) is 1. The van der Waals surface area contributed by atoms with Crippen LogP contribution in [0.3, 0.4) is 0 Å². The number of benzene rings is 1. The van der Waals surface area contributed by atoms with Gasteiger partial charge < -0.3 is 15.2 Å². The Balaban J connectivity index is 2.71. The van der Waals surface area contributed by atoms with Crippen molar-refractivity contribution >= 4 is 16.7 Å². The molecule has 0 amide bonds. The largest absolute Gasteiger partial charge is 0.493 e. The molecule has 0 aliphatic heterocycles. The molecule has 0 saturated heterocycles. The molecule has 0 fully saturated rings. The highest BCUT2D eigenvalue weighted by Gasteiger charge is 2.09. The summed E-state index contributed by atoms with van der Waals surface area (Å²) in [5.74, 6) is 1.76. The Labute approximate surface area is 80.8 Å². The number of fused-ring (bicyclic) bond motifs is 1. The molecule has 5 heteroatoms. The maximum Gasteiger partial charge on any atom is 0.162 e. The number of rotatable bonds is 2. The minimum Gasteiger partial charge on any atom is -0.493 e. The average Bonchev–Trinajstić information content (AvgIpc) is 2.58. The lowest BCUT2D eigenvalue weighted by molar-refractivity contribution is 0.356. The molecule has 0 spiro atoms. The zero-order valence-electron chi connectivity index (χ0n) is 8.00. The molecule has 1 aromatic heterocycles. The Bertz CT molecular complexity index is 464. The molecule has 0 bridgehead atoms. The van der Waals surface area contributed by atoms with Crippen molar-refractivity contribution in [3.8, 4) is 11.5 Å². The Morgan fingerprint density at radius 1 is 1.21 bits per heavy atom. The Morgan fingerprint density at radius 2 is 1.86 bits per heavy atom. The SMILES string of the molecule is COc1cc2[nH]nc(N)c2cc1OC. The van der Waals surface area contributed by atoms with Crippen LogP contribution >= 0.6 is 0 Å². The van der Waals surface area contributed by atoms with Crippen molar-refractivity contribution < 1.29 is 9.47 Å². The van der Waals surface area contributed by atoms with Gasteiger partial charge in [0, 0.05) is 11.5 Å². The highest BCUT2D eigenvalue weighted by molar-refractivity contribution is 5.91. The van der Waals surface area contributed by atoms with Crippen LogP contribution in [-0.2, 0) is 0 Å². The first-order chi connectivity index (χ1) is 6.76. The predicted molar refractivity (Wildman–Crippen MR) is 53.6 cm³/mol. The van der Waals surface area contributed by atoms with Gasteiger partial charge in [0.1, 0.15) is 0 Å². The first-order valence-corrected chi connectivity index (χ1v) is 4.12. The monoisotopic (exact) mass is 193 g/mol. The number of nitrogen functional groups attached to an aromatic ring is 1. The minimum atomic E-state index is 0.459. The van der Waals surface area contributed by atoms with Gasteiger partial charge in [-0.3, -0.25) is 5.10 Å². The van der Waals surface area contributed by atoms with Crippen LogP contribution < -0.4 is 15.2 Å². The summed E-state index contributed by atoms with van der Waals surface area (Å²) in [4.78, 5) is 0. The van der Waals surface area contributed by atoms with E-state index in [0.717, 1.165) is 10.9 Å². The lowest BCUT2D eigenvalue weighted by Crippen LogP contribution is -1.90. The topological polar surface area (TPSA) is 73.2 Å². The highest BCUT2D eigenvalue weighted by Crippen LogP contribution is 2.32. The highest BCUT2D eigenvalue weighted by atomic mass is 16.5. The number of hydrogen-bond donors (Lipinski definition) is 2. The number of nitrogens with zero attached hydrogens (tertiary/aromatic N) is 1. The third-order valence-electron chi connectivity index (χ3n) is 2.10. The van der Waals surface area contributed by atoms with Crippen LogP contribution in [0.5, 0.6) is 11.5 Å². The fraction of sp³-hybridized carbons (Fsp3) is 0.222. The average molecular weight is 193 g/mol. The second-order valence-corrected chi connectivity index (χ2v) is 2.86. The summed E-state index contributed by atoms with van der Waals surface area (Å²) in [7, 11) is 3.17. The quantitative estimate of drug-likeness (QED) is 0.750. The minimum absolute atomic E-state index is 0.459. The molecule has 2 rings (SSSR count). The lowest BCUT2D eigenvalue weighted by Gasteiger charge is -2.06. The van der Waals surface area contributed by atoms with Gasteiger partial charge >= 0.3 is 0 Å². The molecule has 14 heavy (non-hydrogen) atoms. The van der Waals surface area contributed by atoms with E-state index in [4.69, 9.17) is 15.2 Å². The van der Waals surface area contributed by atoms with Gasteiger partial charge in [-0.2, -0.15) is 5.10 Å². The molecule has 1 aromatic carbocycles. The van der Waals surface area contributed by atoms with E-state index >= 15 is 0 Å². The summed E-state index contributed by atoms with van der Waals surface area (Å²) < 4.78 is 10.3. The number of nitrogens with one attached hydrogen (secondary N) is 1. The molecule has 0 saturated carbocycles. The standard InChI is InChI=1S/C9H11N3O2/c1-13-7-3-5-6(4-8(7)14-2)11-12-9(5)10/h3-4H,1-2H3,(H3,10,11,12). The number of aromatic nitrogens is 2. The van der Waals surface area contributed by atoms with Gasteiger partial charge in [-0.1, -0.05) is 0 Å². The fourth-order valence-electron chi connectivity index (χ4n) is 1.36. The second-order valence-electron chi connectivity index (χ2n) is 2.86. The van der Waals surface area contributed by atoms with Crippen LogP contribution in [0.4, 0.5) is 5.82 Å². The van der Waals surface area contributed by atoms with E-state index in [0.29, 0.717) is 17.3 Å². The molecule has 1 heterocycles. The summed E-state index contributed by atoms with van der Waals surface area (Å²) in [5, 5.41) is 7.53. The molecule has 0 unspecified atom stereocenters. The second kappa shape index (κ2) is 3.10. The molecule has 0 aliphatic carbocycles. The van der Waals surface area contributed by atoms with Crippen molar-refractivity contribution in [1.82, 2.24) is 10.2 Å². The smallest absolute Gasteiger partial charge is 0.162 e. The van der Waals surface area contributed by atoms with E-state index in [1.165, 1.54) is 0 Å². The van der Waals surface area contributed by atoms with Crippen LogP contribution in [0, 0.1) is 0 Å². The molecule has 3 N–H and O–H groups in total. The molecule has 2 aromatic rings. The van der Waals surface area contributed by atoms with Gasteiger partial charge in [0.15, 0.2) is 17.3 Å². The van der Waals surface area contributed by atoms with Crippen molar-refractivity contribution in [3.05, 3.63) is 12.1 Å². The maximum atomic E-state index is 5.65. The summed E-state index contributed by atoms with van der Waals surface area (Å²) in [5.41, 5.74) is 6.49. The number of aromatic amines is 1. The maximum absolute atomic E-state index is 5.65. The molecule has 5 nitrogen and oxygen atoms in total. The summed E-state index contributed by atoms with van der Waals surface area (Å²) in [6.07, 6.45) is 0. The summed E-state index contributed by atoms with van der Waals surface area (Å²) in [6.45, 7) is 0. The van der Waals surface area contributed by atoms with Crippen LogP contribution in [-0.4, -0.2) is 24.4 Å². The van der Waals surface area contributed by atoms with Crippen molar-refractivity contribution in [2.45, 2.75) is 0 Å². The Hall–Kier alpha value is -1.91. The van der Waals surface area contributed by atoms with Gasteiger partial charge in [0.2, 0.25) is 0 Å². The third-order valence-corrected chi connectivity index (χ3v) is 2.10. The van der Waals surface area contributed by atoms with Crippen LogP contribution in [0.15, 0.2) is 12.1 Å². The van der Waals surface area contributed by atoms with Crippen LogP contribution in [0.1, 0.15) is 0 Å². The molecular weight excluding hydrogens is 182 g/mol. The van der Waals surface area contributed by atoms with Gasteiger partial charge in [-0.05, 0) is 6.07 Å². The van der Waals surface area contributed by atoms with Crippen LogP contribution in [0.25, 0.3) is 10.9 Å². The van der Waals surface area contributed by atoms with Gasteiger partial charge in [-0.15, -0.1) is 0 Å². The van der Waals surface area contributed by atoms with Gasteiger partial charge in [0.25, 0.3) is 0 Å². The normalized spacial score (nSPS) is 10.4. The number of methoxy groups -OCH3 is 2. The third kappa shape index (κ3) is 1.14. The van der Waals surface area contributed by atoms with Gasteiger partial charge in [-0.25, -0.2) is 0 Å². The van der Waals surface area contributed by atoms with E-state index < -0.39 is 0 Å².